The third-order valence-electron chi connectivity index (χ3n) is 4.03. The van der Waals surface area contributed by atoms with Crippen LogP contribution in [-0.4, -0.2) is 42.8 Å². The molecule has 1 saturated carbocycles. The lowest BCUT2D eigenvalue weighted by molar-refractivity contribution is -0.142. The van der Waals surface area contributed by atoms with Gasteiger partial charge in [0.2, 0.25) is 0 Å². The molecule has 0 spiro atoms. The van der Waals surface area contributed by atoms with Crippen LogP contribution in [0, 0.1) is 0 Å². The average Bonchev–Trinajstić information content (AvgIpc) is 2.97. The van der Waals surface area contributed by atoms with Crippen LogP contribution in [0.2, 0.25) is 0 Å². The summed E-state index contributed by atoms with van der Waals surface area (Å²) in [6, 6.07) is 0. The van der Waals surface area contributed by atoms with E-state index in [9.17, 15) is 17.4 Å². The van der Waals surface area contributed by atoms with E-state index in [0.717, 1.165) is 25.7 Å². The number of ether oxygens (including phenoxy) is 1. The van der Waals surface area contributed by atoms with Gasteiger partial charge in [0.1, 0.15) is 0 Å². The van der Waals surface area contributed by atoms with E-state index in [1.807, 2.05) is 0 Å². The smallest absolute Gasteiger partial charge is 0.328 e. The Hall–Kier alpha value is -0.670. The van der Waals surface area contributed by atoms with E-state index in [1.165, 1.54) is 7.11 Å². The van der Waals surface area contributed by atoms with E-state index in [4.69, 9.17) is 0 Å². The molecule has 0 amide bonds. The lowest BCUT2D eigenvalue weighted by atomic mass is 9.95. The van der Waals surface area contributed by atoms with Gasteiger partial charge in [-0.1, -0.05) is 16.6 Å². The van der Waals surface area contributed by atoms with Crippen LogP contribution in [0.1, 0.15) is 44.9 Å². The van der Waals surface area contributed by atoms with E-state index < -0.39 is 31.4 Å². The highest BCUT2D eigenvalue weighted by Gasteiger charge is 2.40. The fourth-order valence-corrected chi connectivity index (χ4v) is 7.53. The highest BCUT2D eigenvalue weighted by atomic mass is 32.3. The average molecular weight is 338 g/mol. The van der Waals surface area contributed by atoms with Gasteiger partial charge in [-0.25, -0.2) is 4.21 Å². The second-order valence-electron chi connectivity index (χ2n) is 5.78. The van der Waals surface area contributed by atoms with Crippen LogP contribution >= 0.6 is 0 Å². The first kappa shape index (κ1) is 16.7. The first-order valence-corrected chi connectivity index (χ1v) is 10.4. The number of esters is 1. The van der Waals surface area contributed by atoms with Gasteiger partial charge in [-0.3, -0.25) is 4.79 Å². The highest BCUT2D eigenvalue weighted by molar-refractivity contribution is 8.02. The van der Waals surface area contributed by atoms with Crippen molar-refractivity contribution >= 4 is 25.9 Å². The summed E-state index contributed by atoms with van der Waals surface area (Å²) in [5, 5.41) is 0. The molecule has 0 aromatic carbocycles. The monoisotopic (exact) mass is 338 g/mol. The number of nitrogens with zero attached hydrogens (tertiary/aromatic N) is 1. The minimum absolute atomic E-state index is 0.0144. The number of methoxy groups -OCH3 is 1. The van der Waals surface area contributed by atoms with Crippen LogP contribution in [0.25, 0.3) is 0 Å². The van der Waals surface area contributed by atoms with Crippen molar-refractivity contribution < 1.29 is 22.2 Å². The van der Waals surface area contributed by atoms with Crippen molar-refractivity contribution in [3.8, 4) is 0 Å². The summed E-state index contributed by atoms with van der Waals surface area (Å²) in [7, 11) is -5.41. The number of rotatable bonds is 5. The molecule has 21 heavy (non-hydrogen) atoms. The molecule has 1 N–H and O–H groups in total. The van der Waals surface area contributed by atoms with Gasteiger partial charge >= 0.3 is 16.2 Å². The van der Waals surface area contributed by atoms with Crippen LogP contribution < -0.4 is 4.72 Å². The molecular weight excluding hydrogens is 316 g/mol. The van der Waals surface area contributed by atoms with Gasteiger partial charge in [-0.05, 0) is 25.7 Å². The maximum Gasteiger partial charge on any atom is 0.328 e. The Morgan fingerprint density at radius 3 is 2.33 bits per heavy atom. The number of hydrogen-bond donors (Lipinski definition) is 1. The predicted octanol–water partition coefficient (Wildman–Crippen LogP) is 0.958. The van der Waals surface area contributed by atoms with Crippen molar-refractivity contribution in [3.63, 3.8) is 0 Å². The molecule has 1 aliphatic heterocycles. The Morgan fingerprint density at radius 2 is 1.81 bits per heavy atom. The molecule has 0 radical (unpaired) electrons. The van der Waals surface area contributed by atoms with Gasteiger partial charge in [-0.2, -0.15) is 13.1 Å². The zero-order valence-corrected chi connectivity index (χ0v) is 13.8. The summed E-state index contributed by atoms with van der Waals surface area (Å²) in [5.74, 6) is 0.208. The molecule has 1 heterocycles. The van der Waals surface area contributed by atoms with E-state index in [2.05, 4.69) is 13.2 Å². The van der Waals surface area contributed by atoms with Gasteiger partial charge in [-0.15, -0.1) is 0 Å². The van der Waals surface area contributed by atoms with Crippen LogP contribution in [0.15, 0.2) is 3.77 Å². The molecule has 9 heteroatoms. The predicted molar refractivity (Wildman–Crippen MR) is 79.4 cm³/mol. The van der Waals surface area contributed by atoms with E-state index >= 15 is 0 Å². The molecule has 0 atom stereocenters. The number of hydrogen-bond acceptors (Lipinski definition) is 5. The van der Waals surface area contributed by atoms with Gasteiger partial charge in [0.15, 0.2) is 0 Å². The molecule has 2 rings (SSSR count). The summed E-state index contributed by atoms with van der Waals surface area (Å²) < 4.78 is 47.5. The molecule has 0 bridgehead atoms. The molecule has 0 aromatic heterocycles. The summed E-state index contributed by atoms with van der Waals surface area (Å²) in [4.78, 5) is 11.5. The SMILES string of the molecule is COC(=O)CC1(NS(=O)(=O)N=S2(=O)CCCC2)CCCC1. The van der Waals surface area contributed by atoms with Crippen LogP contribution in [0.4, 0.5) is 0 Å². The second-order valence-corrected chi connectivity index (χ2v) is 9.89. The maximum absolute atomic E-state index is 12.3. The Bertz CT molecular complexity index is 602. The molecule has 2 fully saturated rings. The van der Waals surface area contributed by atoms with Crippen LogP contribution in [0.3, 0.4) is 0 Å². The molecule has 1 aliphatic carbocycles. The topological polar surface area (TPSA) is 102 Å². The normalized spacial score (nSPS) is 23.9. The molecule has 0 aromatic rings. The molecule has 122 valence electrons. The fourth-order valence-electron chi connectivity index (χ4n) is 3.02. The van der Waals surface area contributed by atoms with Crippen molar-refractivity contribution in [1.82, 2.24) is 4.72 Å². The number of carbonyl (C=O) groups excluding carboxylic acids is 1. The zero-order valence-electron chi connectivity index (χ0n) is 12.2. The Labute approximate surface area is 126 Å². The van der Waals surface area contributed by atoms with Gasteiger partial charge in [0, 0.05) is 17.0 Å². The minimum Gasteiger partial charge on any atom is -0.469 e. The maximum atomic E-state index is 12.3. The third kappa shape index (κ3) is 4.40. The number of nitrogens with one attached hydrogen (secondary N) is 1. The van der Waals surface area contributed by atoms with Crippen molar-refractivity contribution in [3.05, 3.63) is 0 Å². The van der Waals surface area contributed by atoms with Crippen LogP contribution in [0.5, 0.6) is 0 Å². The van der Waals surface area contributed by atoms with E-state index in [1.54, 1.807) is 0 Å². The number of carbonyl (C=O) groups is 1. The van der Waals surface area contributed by atoms with Gasteiger partial charge in [0.05, 0.1) is 23.3 Å². The fraction of sp³-hybridized carbons (Fsp3) is 0.917. The van der Waals surface area contributed by atoms with Crippen molar-refractivity contribution in [2.75, 3.05) is 18.6 Å². The molecule has 2 aliphatic rings. The standard InChI is InChI=1S/C12H22N2O5S2/c1-19-11(15)10-12(6-2-3-7-12)13-21(17,18)14-20(16)8-4-5-9-20/h13H,2-10H2,1H3. The Balaban J connectivity index is 2.20. The lowest BCUT2D eigenvalue weighted by Crippen LogP contribution is -2.47. The van der Waals surface area contributed by atoms with Crippen molar-refractivity contribution in [2.24, 2.45) is 3.77 Å². The van der Waals surface area contributed by atoms with Crippen LogP contribution in [-0.2, 0) is 29.5 Å². The Morgan fingerprint density at radius 1 is 1.24 bits per heavy atom. The molecular formula is C12H22N2O5S2. The quantitative estimate of drug-likeness (QED) is 0.752. The van der Waals surface area contributed by atoms with Gasteiger partial charge < -0.3 is 4.74 Å². The Kier molecular flexibility index (Phi) is 4.94. The third-order valence-corrected chi connectivity index (χ3v) is 8.44. The first-order valence-electron chi connectivity index (χ1n) is 7.13. The largest absolute Gasteiger partial charge is 0.469 e. The highest BCUT2D eigenvalue weighted by Crippen LogP contribution is 2.34. The summed E-state index contributed by atoms with van der Waals surface area (Å²) >= 11 is 0. The van der Waals surface area contributed by atoms with Crippen molar-refractivity contribution in [2.45, 2.75) is 50.5 Å². The second kappa shape index (κ2) is 6.21. The minimum atomic E-state index is -4.03. The summed E-state index contributed by atoms with van der Waals surface area (Å²) in [5.41, 5.74) is -0.843. The zero-order chi connectivity index (χ0) is 15.6. The van der Waals surface area contributed by atoms with Crippen molar-refractivity contribution in [1.29, 1.82) is 0 Å². The van der Waals surface area contributed by atoms with Gasteiger partial charge in [0.25, 0.3) is 0 Å². The summed E-state index contributed by atoms with van der Waals surface area (Å²) in [6.07, 6.45) is 4.29. The van der Waals surface area contributed by atoms with E-state index in [0.29, 0.717) is 24.3 Å². The first-order chi connectivity index (χ1) is 9.78. The molecule has 0 unspecified atom stereocenters. The van der Waals surface area contributed by atoms with E-state index in [-0.39, 0.29) is 6.42 Å². The molecule has 7 nitrogen and oxygen atoms in total. The summed E-state index contributed by atoms with van der Waals surface area (Å²) in [6.45, 7) is 0. The lowest BCUT2D eigenvalue weighted by Gasteiger charge is -2.27. The molecule has 1 saturated heterocycles.